The molecule has 0 aromatic heterocycles. The van der Waals surface area contributed by atoms with Crippen molar-refractivity contribution < 1.29 is 4.79 Å². The third kappa shape index (κ3) is 6.16. The fourth-order valence-corrected chi connectivity index (χ4v) is 2.41. The van der Waals surface area contributed by atoms with E-state index >= 15 is 0 Å². The van der Waals surface area contributed by atoms with Crippen molar-refractivity contribution in [3.05, 3.63) is 41.5 Å². The van der Waals surface area contributed by atoms with Crippen molar-refractivity contribution in [3.63, 3.8) is 0 Å². The number of benzene rings is 1. The van der Waals surface area contributed by atoms with Crippen molar-refractivity contribution in [3.8, 4) is 0 Å². The van der Waals surface area contributed by atoms with Gasteiger partial charge in [-0.1, -0.05) is 24.3 Å². The van der Waals surface area contributed by atoms with E-state index in [1.165, 1.54) is 5.56 Å². The third-order valence-corrected chi connectivity index (χ3v) is 4.04. The topological polar surface area (TPSA) is 35.6 Å². The highest BCUT2D eigenvalue weighted by Gasteiger charge is 2.16. The molecule has 0 unspecified atom stereocenters. The molecule has 0 aliphatic carbocycles. The quantitative estimate of drug-likeness (QED) is 0.867. The summed E-state index contributed by atoms with van der Waals surface area (Å²) in [7, 11) is 2.09. The molecular weight excluding hydrogens is 286 g/mol. The van der Waals surface area contributed by atoms with E-state index < -0.39 is 0 Å². The summed E-state index contributed by atoms with van der Waals surface area (Å²) in [5.74, 6) is 0.108. The highest BCUT2D eigenvalue weighted by atomic mass is 16.2. The smallest absolute Gasteiger partial charge is 0.246 e. The summed E-state index contributed by atoms with van der Waals surface area (Å²) in [6.45, 7) is 10.9. The van der Waals surface area contributed by atoms with E-state index in [1.54, 1.807) is 6.08 Å². The zero-order valence-corrected chi connectivity index (χ0v) is 14.8. The minimum Gasteiger partial charge on any atom is -0.337 e. The zero-order chi connectivity index (χ0) is 16.9. The predicted molar refractivity (Wildman–Crippen MR) is 96.1 cm³/mol. The van der Waals surface area contributed by atoms with Gasteiger partial charge in [-0.05, 0) is 45.0 Å². The third-order valence-electron chi connectivity index (χ3n) is 4.04. The molecule has 4 nitrogen and oxygen atoms in total. The Balaban J connectivity index is 1.86. The molecule has 0 bridgehead atoms. The van der Waals surface area contributed by atoms with Crippen LogP contribution >= 0.6 is 0 Å². The van der Waals surface area contributed by atoms with E-state index in [9.17, 15) is 4.79 Å². The van der Waals surface area contributed by atoms with Crippen LogP contribution in [0.15, 0.2) is 30.3 Å². The molecule has 1 aromatic rings. The summed E-state index contributed by atoms with van der Waals surface area (Å²) >= 11 is 0. The van der Waals surface area contributed by atoms with Crippen molar-refractivity contribution in [1.82, 2.24) is 15.1 Å². The van der Waals surface area contributed by atoms with Crippen molar-refractivity contribution in [2.45, 2.75) is 32.9 Å². The van der Waals surface area contributed by atoms with Gasteiger partial charge < -0.3 is 15.1 Å². The first-order valence-electron chi connectivity index (χ1n) is 8.33. The molecule has 0 atom stereocenters. The Hall–Kier alpha value is -1.65. The van der Waals surface area contributed by atoms with Crippen LogP contribution in [0.4, 0.5) is 0 Å². The van der Waals surface area contributed by atoms with Crippen molar-refractivity contribution in [1.29, 1.82) is 0 Å². The fourth-order valence-electron chi connectivity index (χ4n) is 2.41. The lowest BCUT2D eigenvalue weighted by Gasteiger charge is -2.31. The molecule has 1 saturated heterocycles. The lowest BCUT2D eigenvalue weighted by Crippen LogP contribution is -2.46. The molecule has 1 fully saturated rings. The van der Waals surface area contributed by atoms with E-state index in [4.69, 9.17) is 0 Å². The Morgan fingerprint density at radius 3 is 2.30 bits per heavy atom. The normalized spacial score (nSPS) is 17.0. The second-order valence-corrected chi connectivity index (χ2v) is 7.31. The van der Waals surface area contributed by atoms with Gasteiger partial charge in [-0.3, -0.25) is 4.79 Å². The van der Waals surface area contributed by atoms with E-state index in [0.717, 1.165) is 38.3 Å². The number of nitrogens with zero attached hydrogens (tertiary/aromatic N) is 2. The number of rotatable bonds is 4. The maximum Gasteiger partial charge on any atom is 0.246 e. The number of hydrogen-bond donors (Lipinski definition) is 1. The first-order chi connectivity index (χ1) is 10.8. The number of carbonyl (C=O) groups is 1. The molecule has 1 heterocycles. The minimum atomic E-state index is 0.108. The molecule has 0 spiro atoms. The van der Waals surface area contributed by atoms with E-state index in [-0.39, 0.29) is 11.4 Å². The van der Waals surface area contributed by atoms with Crippen molar-refractivity contribution >= 4 is 12.0 Å². The standard InChI is InChI=1S/C19H29N3O/c1-19(2,3)20-15-17-7-5-16(6-8-17)9-10-18(23)22-13-11-21(4)12-14-22/h5-10,20H,11-15H2,1-4H3/b10-9+. The lowest BCUT2D eigenvalue weighted by molar-refractivity contribution is -0.127. The van der Waals surface area contributed by atoms with Crippen molar-refractivity contribution in [2.75, 3.05) is 33.2 Å². The first kappa shape index (κ1) is 17.7. The Morgan fingerprint density at radius 1 is 1.13 bits per heavy atom. The van der Waals surface area contributed by atoms with Gasteiger partial charge in [0, 0.05) is 44.3 Å². The molecule has 1 amide bonds. The van der Waals surface area contributed by atoms with Gasteiger partial charge in [0.2, 0.25) is 5.91 Å². The summed E-state index contributed by atoms with van der Waals surface area (Å²) in [5, 5.41) is 3.47. The average Bonchev–Trinajstić information content (AvgIpc) is 2.51. The fraction of sp³-hybridized carbons (Fsp3) is 0.526. The van der Waals surface area contributed by atoms with Crippen LogP contribution in [0, 0.1) is 0 Å². The second-order valence-electron chi connectivity index (χ2n) is 7.31. The zero-order valence-electron chi connectivity index (χ0n) is 14.8. The summed E-state index contributed by atoms with van der Waals surface area (Å²) < 4.78 is 0. The van der Waals surface area contributed by atoms with Crippen LogP contribution in [-0.4, -0.2) is 54.5 Å². The molecular formula is C19H29N3O. The monoisotopic (exact) mass is 315 g/mol. The van der Waals surface area contributed by atoms with Crippen LogP contribution in [0.2, 0.25) is 0 Å². The van der Waals surface area contributed by atoms with Gasteiger partial charge in [-0.25, -0.2) is 0 Å². The van der Waals surface area contributed by atoms with Crippen LogP contribution in [-0.2, 0) is 11.3 Å². The average molecular weight is 315 g/mol. The highest BCUT2D eigenvalue weighted by molar-refractivity contribution is 5.91. The number of nitrogens with one attached hydrogen (secondary N) is 1. The molecule has 0 radical (unpaired) electrons. The van der Waals surface area contributed by atoms with Gasteiger partial charge in [-0.2, -0.15) is 0 Å². The van der Waals surface area contributed by atoms with Crippen LogP contribution in [0.1, 0.15) is 31.9 Å². The number of hydrogen-bond acceptors (Lipinski definition) is 3. The predicted octanol–water partition coefficient (Wildman–Crippen LogP) is 2.36. The summed E-state index contributed by atoms with van der Waals surface area (Å²) in [6.07, 6.45) is 3.59. The molecule has 1 aliphatic rings. The van der Waals surface area contributed by atoms with Crippen LogP contribution in [0.3, 0.4) is 0 Å². The summed E-state index contributed by atoms with van der Waals surface area (Å²) in [4.78, 5) is 16.3. The first-order valence-corrected chi connectivity index (χ1v) is 8.33. The van der Waals surface area contributed by atoms with Gasteiger partial charge in [0.25, 0.3) is 0 Å². The Bertz CT molecular complexity index is 535. The Kier molecular flexibility index (Phi) is 5.97. The molecule has 1 aromatic carbocycles. The van der Waals surface area contributed by atoms with Gasteiger partial charge in [0.05, 0.1) is 0 Å². The van der Waals surface area contributed by atoms with Gasteiger partial charge >= 0.3 is 0 Å². The van der Waals surface area contributed by atoms with E-state index in [0.29, 0.717) is 0 Å². The SMILES string of the molecule is CN1CCN(C(=O)/C=C/c2ccc(CNC(C)(C)C)cc2)CC1. The molecule has 0 saturated carbocycles. The molecule has 23 heavy (non-hydrogen) atoms. The largest absolute Gasteiger partial charge is 0.337 e. The van der Waals surface area contributed by atoms with E-state index in [1.807, 2.05) is 11.0 Å². The Labute approximate surface area is 140 Å². The number of piperazine rings is 1. The molecule has 1 N–H and O–H groups in total. The van der Waals surface area contributed by atoms with Gasteiger partial charge in [-0.15, -0.1) is 0 Å². The summed E-state index contributed by atoms with van der Waals surface area (Å²) in [6, 6.07) is 8.35. The highest BCUT2D eigenvalue weighted by Crippen LogP contribution is 2.09. The molecule has 4 heteroatoms. The maximum absolute atomic E-state index is 12.2. The van der Waals surface area contributed by atoms with Crippen LogP contribution in [0.5, 0.6) is 0 Å². The van der Waals surface area contributed by atoms with E-state index in [2.05, 4.69) is 62.3 Å². The number of likely N-dealkylation sites (N-methyl/N-ethyl adjacent to an activating group) is 1. The minimum absolute atomic E-state index is 0.108. The van der Waals surface area contributed by atoms with Crippen LogP contribution in [0.25, 0.3) is 6.08 Å². The second kappa shape index (κ2) is 7.75. The van der Waals surface area contributed by atoms with Gasteiger partial charge in [0.15, 0.2) is 0 Å². The summed E-state index contributed by atoms with van der Waals surface area (Å²) in [5.41, 5.74) is 2.43. The Morgan fingerprint density at radius 2 is 1.74 bits per heavy atom. The number of amides is 1. The molecule has 1 aliphatic heterocycles. The van der Waals surface area contributed by atoms with Gasteiger partial charge in [0.1, 0.15) is 0 Å². The lowest BCUT2D eigenvalue weighted by atomic mass is 10.1. The maximum atomic E-state index is 12.2. The van der Waals surface area contributed by atoms with Crippen molar-refractivity contribution in [2.24, 2.45) is 0 Å². The molecule has 2 rings (SSSR count). The van der Waals surface area contributed by atoms with Crippen LogP contribution < -0.4 is 5.32 Å². The number of carbonyl (C=O) groups excluding carboxylic acids is 1. The molecule has 126 valence electrons.